The fraction of sp³-hybridized carbons (Fsp3) is 0.333. The Morgan fingerprint density at radius 2 is 2.11 bits per heavy atom. The van der Waals surface area contributed by atoms with Crippen LogP contribution in [0.25, 0.3) is 10.1 Å². The summed E-state index contributed by atoms with van der Waals surface area (Å²) in [4.78, 5) is 9.45. The molecule has 6 nitrogen and oxygen atoms in total. The molecule has 3 N–H and O–H groups in total. The highest BCUT2D eigenvalue weighted by atomic mass is 32.1. The van der Waals surface area contributed by atoms with Gasteiger partial charge in [-0.1, -0.05) is 31.2 Å². The molecule has 7 heteroatoms. The molecule has 1 unspecified atom stereocenters. The Kier molecular flexibility index (Phi) is 7.22. The zero-order chi connectivity index (χ0) is 19.8. The van der Waals surface area contributed by atoms with E-state index in [0.717, 1.165) is 22.2 Å². The Bertz CT molecular complexity index is 875. The molecular weight excluding hydrogens is 372 g/mol. The predicted octanol–water partition coefficient (Wildman–Crippen LogP) is 3.48. The monoisotopic (exact) mass is 398 g/mol. The van der Waals surface area contributed by atoms with Crippen LogP contribution in [-0.2, 0) is 6.54 Å². The lowest BCUT2D eigenvalue weighted by Crippen LogP contribution is -2.38. The molecule has 0 aliphatic rings. The van der Waals surface area contributed by atoms with E-state index in [0.29, 0.717) is 31.5 Å². The number of hydrogen-bond donors (Lipinski definition) is 3. The number of pyridine rings is 1. The number of fused-ring (bicyclic) bond motifs is 1. The van der Waals surface area contributed by atoms with E-state index in [1.54, 1.807) is 24.6 Å². The van der Waals surface area contributed by atoms with Gasteiger partial charge >= 0.3 is 0 Å². The van der Waals surface area contributed by atoms with E-state index in [-0.39, 0.29) is 0 Å². The molecule has 2 heterocycles. The third-order valence-electron chi connectivity index (χ3n) is 4.17. The number of aliphatic imine (C=N–C) groups is 1. The molecule has 3 aromatic rings. The van der Waals surface area contributed by atoms with Gasteiger partial charge in [-0.2, -0.15) is 0 Å². The molecule has 2 aromatic heterocycles. The van der Waals surface area contributed by atoms with Crippen molar-refractivity contribution in [2.75, 3.05) is 20.2 Å². The maximum atomic E-state index is 10.5. The summed E-state index contributed by atoms with van der Waals surface area (Å²) in [6.07, 6.45) is 2.16. The fourth-order valence-electron chi connectivity index (χ4n) is 2.67. The molecule has 1 aromatic carbocycles. The number of benzene rings is 1. The van der Waals surface area contributed by atoms with Crippen molar-refractivity contribution in [1.82, 2.24) is 15.6 Å². The quantitative estimate of drug-likeness (QED) is 0.400. The minimum Gasteiger partial charge on any atom is -0.478 e. The van der Waals surface area contributed by atoms with Crippen LogP contribution in [0.2, 0.25) is 0 Å². The van der Waals surface area contributed by atoms with E-state index in [9.17, 15) is 5.11 Å². The van der Waals surface area contributed by atoms with Gasteiger partial charge in [-0.15, -0.1) is 11.3 Å². The molecule has 0 aliphatic carbocycles. The maximum absolute atomic E-state index is 10.5. The SMILES string of the molecule is CCCOc1ccc(CNC(=NC)NCC(O)c2cc3ccccc3s2)cn1. The topological polar surface area (TPSA) is 78.8 Å². The highest BCUT2D eigenvalue weighted by molar-refractivity contribution is 7.19. The number of thiophene rings is 1. The van der Waals surface area contributed by atoms with E-state index >= 15 is 0 Å². The van der Waals surface area contributed by atoms with Crippen LogP contribution in [0.15, 0.2) is 53.7 Å². The molecule has 0 aliphatic heterocycles. The third kappa shape index (κ3) is 5.43. The highest BCUT2D eigenvalue weighted by Crippen LogP contribution is 2.29. The van der Waals surface area contributed by atoms with Gasteiger partial charge in [-0.05, 0) is 29.5 Å². The van der Waals surface area contributed by atoms with Gasteiger partial charge in [-0.25, -0.2) is 4.98 Å². The lowest BCUT2D eigenvalue weighted by Gasteiger charge is -2.14. The largest absolute Gasteiger partial charge is 0.478 e. The van der Waals surface area contributed by atoms with E-state index in [1.165, 1.54) is 4.70 Å². The zero-order valence-corrected chi connectivity index (χ0v) is 17.0. The van der Waals surface area contributed by atoms with Gasteiger partial charge in [-0.3, -0.25) is 4.99 Å². The molecule has 3 rings (SSSR count). The van der Waals surface area contributed by atoms with Crippen molar-refractivity contribution in [2.45, 2.75) is 26.0 Å². The lowest BCUT2D eigenvalue weighted by molar-refractivity contribution is 0.184. The van der Waals surface area contributed by atoms with Crippen molar-refractivity contribution in [2.24, 2.45) is 4.99 Å². The van der Waals surface area contributed by atoms with Crippen LogP contribution in [0.3, 0.4) is 0 Å². The summed E-state index contributed by atoms with van der Waals surface area (Å²) in [5, 5.41) is 18.1. The summed E-state index contributed by atoms with van der Waals surface area (Å²) in [6, 6.07) is 14.0. The van der Waals surface area contributed by atoms with E-state index in [4.69, 9.17) is 4.74 Å². The van der Waals surface area contributed by atoms with Gasteiger partial charge in [0.2, 0.25) is 5.88 Å². The van der Waals surface area contributed by atoms with Crippen LogP contribution in [0.5, 0.6) is 5.88 Å². The molecule has 0 fully saturated rings. The highest BCUT2D eigenvalue weighted by Gasteiger charge is 2.12. The van der Waals surface area contributed by atoms with E-state index in [2.05, 4.69) is 39.7 Å². The van der Waals surface area contributed by atoms with Crippen LogP contribution in [-0.4, -0.2) is 36.2 Å². The van der Waals surface area contributed by atoms with Gasteiger partial charge in [0, 0.05) is 42.0 Å². The van der Waals surface area contributed by atoms with Crippen LogP contribution >= 0.6 is 11.3 Å². The van der Waals surface area contributed by atoms with Crippen molar-refractivity contribution in [3.8, 4) is 5.88 Å². The van der Waals surface area contributed by atoms with Crippen LogP contribution in [0.4, 0.5) is 0 Å². The smallest absolute Gasteiger partial charge is 0.213 e. The summed E-state index contributed by atoms with van der Waals surface area (Å²) in [7, 11) is 1.71. The van der Waals surface area contributed by atoms with Crippen LogP contribution in [0.1, 0.15) is 29.9 Å². The average molecular weight is 399 g/mol. The van der Waals surface area contributed by atoms with Crippen molar-refractivity contribution in [3.63, 3.8) is 0 Å². The van der Waals surface area contributed by atoms with Crippen LogP contribution in [0, 0.1) is 0 Å². The Hall–Kier alpha value is -2.64. The standard InChI is InChI=1S/C21H26N4O2S/c1-3-10-27-20-9-8-15(12-23-20)13-24-21(22-2)25-14-17(26)19-11-16-6-4-5-7-18(16)28-19/h4-9,11-12,17,26H,3,10,13-14H2,1-2H3,(H2,22,24,25). The lowest BCUT2D eigenvalue weighted by atomic mass is 10.2. The third-order valence-corrected chi connectivity index (χ3v) is 5.39. The molecule has 0 saturated heterocycles. The van der Waals surface area contributed by atoms with E-state index < -0.39 is 6.10 Å². The second kappa shape index (κ2) is 10.1. The molecular formula is C21H26N4O2S. The average Bonchev–Trinajstić information content (AvgIpc) is 3.17. The molecule has 1 atom stereocenters. The second-order valence-corrected chi connectivity index (χ2v) is 7.48. The first-order valence-corrected chi connectivity index (χ1v) is 10.2. The van der Waals surface area contributed by atoms with Gasteiger partial charge in [0.1, 0.15) is 6.10 Å². The Balaban J connectivity index is 1.48. The molecule has 148 valence electrons. The Labute approximate surface area is 169 Å². The molecule has 0 bridgehead atoms. The number of hydrogen-bond acceptors (Lipinski definition) is 5. The molecule has 0 amide bonds. The normalized spacial score (nSPS) is 12.8. The van der Waals surface area contributed by atoms with Crippen molar-refractivity contribution in [3.05, 3.63) is 59.1 Å². The summed E-state index contributed by atoms with van der Waals surface area (Å²) in [5.41, 5.74) is 1.02. The summed E-state index contributed by atoms with van der Waals surface area (Å²) >= 11 is 1.61. The number of aromatic nitrogens is 1. The van der Waals surface area contributed by atoms with Gasteiger partial charge in [0.05, 0.1) is 6.61 Å². The minimum atomic E-state index is -0.590. The van der Waals surface area contributed by atoms with Gasteiger partial charge in [0.25, 0.3) is 0 Å². The van der Waals surface area contributed by atoms with Gasteiger partial charge in [0.15, 0.2) is 5.96 Å². The predicted molar refractivity (Wildman–Crippen MR) is 115 cm³/mol. The second-order valence-electron chi connectivity index (χ2n) is 6.36. The van der Waals surface area contributed by atoms with Crippen molar-refractivity contribution >= 4 is 27.4 Å². The Morgan fingerprint density at radius 3 is 2.82 bits per heavy atom. The fourth-order valence-corrected chi connectivity index (χ4v) is 3.73. The molecule has 0 saturated carbocycles. The minimum absolute atomic E-state index is 0.383. The van der Waals surface area contributed by atoms with Crippen molar-refractivity contribution < 1.29 is 9.84 Å². The first kappa shape index (κ1) is 20.1. The Morgan fingerprint density at radius 1 is 1.25 bits per heavy atom. The van der Waals surface area contributed by atoms with E-state index in [1.807, 2.05) is 30.3 Å². The van der Waals surface area contributed by atoms with Crippen molar-refractivity contribution in [1.29, 1.82) is 0 Å². The molecule has 28 heavy (non-hydrogen) atoms. The number of aliphatic hydroxyl groups is 1. The number of ether oxygens (including phenoxy) is 1. The summed E-state index contributed by atoms with van der Waals surface area (Å²) in [6.45, 7) is 3.70. The summed E-state index contributed by atoms with van der Waals surface area (Å²) in [5.74, 6) is 1.27. The zero-order valence-electron chi connectivity index (χ0n) is 16.2. The number of rotatable bonds is 8. The molecule has 0 radical (unpaired) electrons. The number of aliphatic hydroxyl groups excluding tert-OH is 1. The maximum Gasteiger partial charge on any atom is 0.213 e. The number of nitrogens with one attached hydrogen (secondary N) is 2. The first-order chi connectivity index (χ1) is 13.7. The summed E-state index contributed by atoms with van der Waals surface area (Å²) < 4.78 is 6.67. The molecule has 0 spiro atoms. The number of nitrogens with zero attached hydrogens (tertiary/aromatic N) is 2. The van der Waals surface area contributed by atoms with Crippen LogP contribution < -0.4 is 15.4 Å². The number of guanidine groups is 1. The first-order valence-electron chi connectivity index (χ1n) is 9.38. The van der Waals surface area contributed by atoms with Gasteiger partial charge < -0.3 is 20.5 Å².